The zero-order valence-corrected chi connectivity index (χ0v) is 9.62. The van der Waals surface area contributed by atoms with Gasteiger partial charge in [-0.2, -0.15) is 0 Å². The Bertz CT molecular complexity index is 420. The van der Waals surface area contributed by atoms with Crippen LogP contribution in [0.2, 0.25) is 0 Å². The minimum absolute atomic E-state index is 0.495. The third-order valence-corrected chi connectivity index (χ3v) is 3.29. The van der Waals surface area contributed by atoms with Crippen molar-refractivity contribution in [2.24, 2.45) is 0 Å². The first-order chi connectivity index (χ1) is 7.75. The summed E-state index contributed by atoms with van der Waals surface area (Å²) in [6, 6.07) is 4.59. The number of likely N-dealkylation sites (N-methyl/N-ethyl adjacent to an activating group) is 1. The van der Waals surface area contributed by atoms with Crippen molar-refractivity contribution >= 4 is 11.4 Å². The summed E-state index contributed by atoms with van der Waals surface area (Å²) < 4.78 is 11.2. The fourth-order valence-corrected chi connectivity index (χ4v) is 2.14. The van der Waals surface area contributed by atoms with Crippen LogP contribution >= 0.6 is 0 Å². The smallest absolute Gasteiger partial charge is 0.163 e. The Balaban J connectivity index is 2.06. The van der Waals surface area contributed by atoms with Crippen LogP contribution < -0.4 is 19.7 Å². The van der Waals surface area contributed by atoms with E-state index in [2.05, 4.69) is 30.3 Å². The Kier molecular flexibility index (Phi) is 2.09. The van der Waals surface area contributed by atoms with Crippen molar-refractivity contribution in [2.75, 3.05) is 37.0 Å². The lowest BCUT2D eigenvalue weighted by Crippen LogP contribution is -2.39. The number of fused-ring (bicyclic) bond motifs is 2. The second-order valence-electron chi connectivity index (χ2n) is 4.35. The molecule has 16 heavy (non-hydrogen) atoms. The molecule has 86 valence electrons. The third kappa shape index (κ3) is 1.37. The van der Waals surface area contributed by atoms with Crippen LogP contribution in [0.3, 0.4) is 0 Å². The highest BCUT2D eigenvalue weighted by Crippen LogP contribution is 2.41. The molecule has 1 aromatic carbocycles. The van der Waals surface area contributed by atoms with E-state index in [1.165, 1.54) is 5.69 Å². The molecule has 2 aliphatic heterocycles. The molecule has 4 heteroatoms. The predicted molar refractivity (Wildman–Crippen MR) is 63.8 cm³/mol. The van der Waals surface area contributed by atoms with E-state index in [1.807, 2.05) is 6.07 Å². The number of ether oxygens (including phenoxy) is 2. The fourth-order valence-electron chi connectivity index (χ4n) is 2.14. The molecule has 1 unspecified atom stereocenters. The average Bonchev–Trinajstić information content (AvgIpc) is 2.32. The molecule has 0 aliphatic carbocycles. The van der Waals surface area contributed by atoms with Crippen LogP contribution in [0.15, 0.2) is 12.1 Å². The summed E-state index contributed by atoms with van der Waals surface area (Å²) in [5.74, 6) is 1.70. The largest absolute Gasteiger partial charge is 0.486 e. The van der Waals surface area contributed by atoms with Gasteiger partial charge in [-0.25, -0.2) is 0 Å². The average molecular weight is 220 g/mol. The van der Waals surface area contributed by atoms with Crippen LogP contribution in [0.1, 0.15) is 6.92 Å². The van der Waals surface area contributed by atoms with Gasteiger partial charge < -0.3 is 19.7 Å². The number of hydrogen-bond donors (Lipinski definition) is 1. The second-order valence-corrected chi connectivity index (χ2v) is 4.35. The molecule has 0 aromatic heterocycles. The summed E-state index contributed by atoms with van der Waals surface area (Å²) in [4.78, 5) is 2.27. The molecule has 0 saturated heterocycles. The van der Waals surface area contributed by atoms with Gasteiger partial charge in [-0.15, -0.1) is 0 Å². The van der Waals surface area contributed by atoms with Gasteiger partial charge in [-0.05, 0) is 6.92 Å². The van der Waals surface area contributed by atoms with E-state index >= 15 is 0 Å². The zero-order valence-electron chi connectivity index (χ0n) is 9.62. The van der Waals surface area contributed by atoms with Crippen molar-refractivity contribution < 1.29 is 9.47 Å². The van der Waals surface area contributed by atoms with E-state index in [4.69, 9.17) is 9.47 Å². The van der Waals surface area contributed by atoms with Crippen LogP contribution in [0.25, 0.3) is 0 Å². The fraction of sp³-hybridized carbons (Fsp3) is 0.500. The first-order valence-corrected chi connectivity index (χ1v) is 5.66. The van der Waals surface area contributed by atoms with Gasteiger partial charge in [-0.1, -0.05) is 0 Å². The Morgan fingerprint density at radius 2 is 1.94 bits per heavy atom. The van der Waals surface area contributed by atoms with Crippen LogP contribution in [-0.4, -0.2) is 32.8 Å². The Morgan fingerprint density at radius 3 is 2.69 bits per heavy atom. The zero-order chi connectivity index (χ0) is 11.1. The van der Waals surface area contributed by atoms with E-state index in [0.29, 0.717) is 19.3 Å². The Morgan fingerprint density at radius 1 is 1.25 bits per heavy atom. The quantitative estimate of drug-likeness (QED) is 0.721. The molecule has 1 atom stereocenters. The summed E-state index contributed by atoms with van der Waals surface area (Å²) in [5.41, 5.74) is 2.31. The lowest BCUT2D eigenvalue weighted by molar-refractivity contribution is 0.171. The van der Waals surface area contributed by atoms with Crippen LogP contribution in [0.5, 0.6) is 11.5 Å². The van der Waals surface area contributed by atoms with Crippen LogP contribution in [0, 0.1) is 0 Å². The topological polar surface area (TPSA) is 33.7 Å². The van der Waals surface area contributed by atoms with E-state index in [9.17, 15) is 0 Å². The number of anilines is 2. The normalized spacial score (nSPS) is 22.4. The summed E-state index contributed by atoms with van der Waals surface area (Å²) in [7, 11) is 2.11. The molecule has 4 nitrogen and oxygen atoms in total. The molecule has 0 fully saturated rings. The van der Waals surface area contributed by atoms with Gasteiger partial charge in [-0.3, -0.25) is 0 Å². The monoisotopic (exact) mass is 220 g/mol. The molecule has 2 heterocycles. The molecule has 0 amide bonds. The maximum absolute atomic E-state index is 5.59. The van der Waals surface area contributed by atoms with E-state index in [1.54, 1.807) is 0 Å². The highest BCUT2D eigenvalue weighted by Gasteiger charge is 2.23. The van der Waals surface area contributed by atoms with Gasteiger partial charge in [0, 0.05) is 31.8 Å². The molecular formula is C12H16N2O2. The van der Waals surface area contributed by atoms with Gasteiger partial charge in [0.1, 0.15) is 13.2 Å². The Hall–Kier alpha value is -1.58. The number of nitrogens with one attached hydrogen (secondary N) is 1. The van der Waals surface area contributed by atoms with Crippen molar-refractivity contribution in [3.8, 4) is 11.5 Å². The highest BCUT2D eigenvalue weighted by molar-refractivity contribution is 5.77. The van der Waals surface area contributed by atoms with Crippen LogP contribution in [-0.2, 0) is 0 Å². The molecule has 0 spiro atoms. The molecule has 1 aromatic rings. The summed E-state index contributed by atoms with van der Waals surface area (Å²) in [6.45, 7) is 4.44. The molecule has 3 rings (SSSR count). The molecule has 2 aliphatic rings. The van der Waals surface area contributed by atoms with Crippen molar-refractivity contribution in [3.63, 3.8) is 0 Å². The molecule has 0 radical (unpaired) electrons. The molecular weight excluding hydrogens is 204 g/mol. The van der Waals surface area contributed by atoms with Crippen LogP contribution in [0.4, 0.5) is 11.4 Å². The molecule has 1 N–H and O–H groups in total. The SMILES string of the molecule is CC1CNc2cc3c(cc2N1C)OCCO3. The van der Waals surface area contributed by atoms with E-state index < -0.39 is 0 Å². The highest BCUT2D eigenvalue weighted by atomic mass is 16.6. The summed E-state index contributed by atoms with van der Waals surface area (Å²) in [6.07, 6.45) is 0. The summed E-state index contributed by atoms with van der Waals surface area (Å²) in [5, 5.41) is 3.42. The lowest BCUT2D eigenvalue weighted by Gasteiger charge is -2.35. The lowest BCUT2D eigenvalue weighted by atomic mass is 10.1. The number of rotatable bonds is 0. The van der Waals surface area contributed by atoms with Gasteiger partial charge in [0.25, 0.3) is 0 Å². The van der Waals surface area contributed by atoms with E-state index in [0.717, 1.165) is 23.7 Å². The first-order valence-electron chi connectivity index (χ1n) is 5.66. The van der Waals surface area contributed by atoms with Crippen molar-refractivity contribution in [1.29, 1.82) is 0 Å². The predicted octanol–water partition coefficient (Wildman–Crippen LogP) is 1.71. The molecule has 0 saturated carbocycles. The van der Waals surface area contributed by atoms with Crippen molar-refractivity contribution in [2.45, 2.75) is 13.0 Å². The Labute approximate surface area is 95.1 Å². The van der Waals surface area contributed by atoms with Gasteiger partial charge in [0.2, 0.25) is 0 Å². The van der Waals surface area contributed by atoms with Gasteiger partial charge in [0.05, 0.1) is 11.4 Å². The maximum atomic E-state index is 5.59. The third-order valence-electron chi connectivity index (χ3n) is 3.29. The molecule has 0 bridgehead atoms. The standard InChI is InChI=1S/C12H16N2O2/c1-8-7-13-9-5-11-12(16-4-3-15-11)6-10(9)14(8)2/h5-6,8,13H,3-4,7H2,1-2H3. The first kappa shape index (κ1) is 9.63. The van der Waals surface area contributed by atoms with E-state index in [-0.39, 0.29) is 0 Å². The van der Waals surface area contributed by atoms with Gasteiger partial charge >= 0.3 is 0 Å². The number of hydrogen-bond acceptors (Lipinski definition) is 4. The van der Waals surface area contributed by atoms with Crippen molar-refractivity contribution in [3.05, 3.63) is 12.1 Å². The number of benzene rings is 1. The maximum Gasteiger partial charge on any atom is 0.163 e. The summed E-state index contributed by atoms with van der Waals surface area (Å²) >= 11 is 0. The number of nitrogens with zero attached hydrogens (tertiary/aromatic N) is 1. The van der Waals surface area contributed by atoms with Gasteiger partial charge in [0.15, 0.2) is 11.5 Å². The minimum atomic E-state index is 0.495. The minimum Gasteiger partial charge on any atom is -0.486 e. The van der Waals surface area contributed by atoms with Crippen molar-refractivity contribution in [1.82, 2.24) is 0 Å². The second kappa shape index (κ2) is 3.47.